The van der Waals surface area contributed by atoms with Crippen LogP contribution < -0.4 is 4.74 Å². The molecule has 3 rings (SSSR count). The Bertz CT molecular complexity index is 544. The molecule has 0 bridgehead atoms. The Balaban J connectivity index is 2.17. The van der Waals surface area contributed by atoms with Crippen LogP contribution in [0.4, 0.5) is 0 Å². The van der Waals surface area contributed by atoms with E-state index in [9.17, 15) is 0 Å². The van der Waals surface area contributed by atoms with E-state index in [4.69, 9.17) is 14.2 Å². The normalized spacial score (nSPS) is 16.3. The number of ether oxygens (including phenoxy) is 3. The van der Waals surface area contributed by atoms with Gasteiger partial charge in [-0.3, -0.25) is 0 Å². The predicted octanol–water partition coefficient (Wildman–Crippen LogP) is 3.28. The molecular formula is C15H16O3. The molecule has 0 N–H and O–H groups in total. The van der Waals surface area contributed by atoms with E-state index >= 15 is 0 Å². The molecule has 94 valence electrons. The van der Waals surface area contributed by atoms with Gasteiger partial charge < -0.3 is 14.2 Å². The van der Waals surface area contributed by atoms with Crippen LogP contribution in [0.1, 0.15) is 18.8 Å². The summed E-state index contributed by atoms with van der Waals surface area (Å²) in [6.45, 7) is 3.90. The van der Waals surface area contributed by atoms with Gasteiger partial charge in [0, 0.05) is 0 Å². The Morgan fingerprint density at radius 3 is 2.67 bits per heavy atom. The zero-order valence-corrected chi connectivity index (χ0v) is 10.4. The molecule has 0 atom stereocenters. The van der Waals surface area contributed by atoms with Gasteiger partial charge >= 0.3 is 0 Å². The number of hydrogen-bond acceptors (Lipinski definition) is 3. The number of fused-ring (bicyclic) bond motifs is 1. The lowest BCUT2D eigenvalue weighted by Crippen LogP contribution is -2.04. The van der Waals surface area contributed by atoms with Crippen molar-refractivity contribution in [1.29, 1.82) is 0 Å². The van der Waals surface area contributed by atoms with Crippen LogP contribution in [0.5, 0.6) is 5.75 Å². The Kier molecular flexibility index (Phi) is 3.17. The van der Waals surface area contributed by atoms with Crippen LogP contribution >= 0.6 is 0 Å². The first-order chi connectivity index (χ1) is 8.90. The summed E-state index contributed by atoms with van der Waals surface area (Å²) < 4.78 is 17.0. The lowest BCUT2D eigenvalue weighted by molar-refractivity contribution is -0.0445. The maximum absolute atomic E-state index is 5.70. The van der Waals surface area contributed by atoms with E-state index in [1.165, 1.54) is 5.39 Å². The van der Waals surface area contributed by atoms with Crippen molar-refractivity contribution in [2.45, 2.75) is 13.2 Å². The quantitative estimate of drug-likeness (QED) is 0.829. The van der Waals surface area contributed by atoms with Crippen LogP contribution in [0.2, 0.25) is 0 Å². The molecule has 3 nitrogen and oxygen atoms in total. The fourth-order valence-corrected chi connectivity index (χ4v) is 2.33. The molecule has 0 amide bonds. The van der Waals surface area contributed by atoms with E-state index in [1.807, 2.05) is 25.1 Å². The molecule has 0 aliphatic carbocycles. The predicted molar refractivity (Wildman–Crippen MR) is 69.8 cm³/mol. The smallest absolute Gasteiger partial charge is 0.188 e. The molecule has 0 radical (unpaired) electrons. The Hall–Kier alpha value is -1.58. The first-order valence-electron chi connectivity index (χ1n) is 6.28. The van der Waals surface area contributed by atoms with Gasteiger partial charge in [-0.1, -0.05) is 30.3 Å². The van der Waals surface area contributed by atoms with Crippen LogP contribution in [-0.4, -0.2) is 19.8 Å². The van der Waals surface area contributed by atoms with E-state index in [0.717, 1.165) is 16.7 Å². The fourth-order valence-electron chi connectivity index (χ4n) is 2.33. The Morgan fingerprint density at radius 2 is 1.89 bits per heavy atom. The molecule has 1 aliphatic heterocycles. The average Bonchev–Trinajstić information content (AvgIpc) is 2.92. The highest BCUT2D eigenvalue weighted by atomic mass is 16.7. The summed E-state index contributed by atoms with van der Waals surface area (Å²) in [5.41, 5.74) is 1.01. The first kappa shape index (κ1) is 11.5. The summed E-state index contributed by atoms with van der Waals surface area (Å²) in [5.74, 6) is 0.850. The monoisotopic (exact) mass is 244 g/mol. The second-order valence-corrected chi connectivity index (χ2v) is 4.21. The van der Waals surface area contributed by atoms with Gasteiger partial charge in [0.1, 0.15) is 5.75 Å². The van der Waals surface area contributed by atoms with Gasteiger partial charge in [-0.2, -0.15) is 0 Å². The van der Waals surface area contributed by atoms with Crippen molar-refractivity contribution in [2.24, 2.45) is 0 Å². The van der Waals surface area contributed by atoms with Gasteiger partial charge in [0.2, 0.25) is 0 Å². The molecule has 1 fully saturated rings. The van der Waals surface area contributed by atoms with Crippen LogP contribution in [0.25, 0.3) is 10.8 Å². The first-order valence-corrected chi connectivity index (χ1v) is 6.28. The molecule has 3 heteroatoms. The maximum atomic E-state index is 5.70. The molecule has 2 aromatic rings. The van der Waals surface area contributed by atoms with Crippen molar-refractivity contribution in [1.82, 2.24) is 0 Å². The minimum Gasteiger partial charge on any atom is -0.493 e. The van der Waals surface area contributed by atoms with Gasteiger partial charge in [-0.25, -0.2) is 0 Å². The maximum Gasteiger partial charge on any atom is 0.188 e. The van der Waals surface area contributed by atoms with Crippen molar-refractivity contribution in [2.75, 3.05) is 19.8 Å². The van der Waals surface area contributed by atoms with Gasteiger partial charge in [-0.15, -0.1) is 0 Å². The fraction of sp³-hybridized carbons (Fsp3) is 0.333. The molecule has 0 unspecified atom stereocenters. The van der Waals surface area contributed by atoms with E-state index in [1.54, 1.807) is 0 Å². The minimum absolute atomic E-state index is 0.308. The Morgan fingerprint density at radius 1 is 1.11 bits per heavy atom. The number of rotatable bonds is 3. The van der Waals surface area contributed by atoms with Gasteiger partial charge in [0.15, 0.2) is 6.29 Å². The highest BCUT2D eigenvalue weighted by Gasteiger charge is 2.24. The molecule has 0 saturated carbocycles. The largest absolute Gasteiger partial charge is 0.493 e. The molecule has 0 spiro atoms. The number of benzene rings is 2. The molecular weight excluding hydrogens is 228 g/mol. The molecule has 1 heterocycles. The second-order valence-electron chi connectivity index (χ2n) is 4.21. The van der Waals surface area contributed by atoms with Gasteiger partial charge in [0.05, 0.1) is 25.4 Å². The zero-order valence-electron chi connectivity index (χ0n) is 10.4. The highest BCUT2D eigenvalue weighted by Crippen LogP contribution is 2.37. The summed E-state index contributed by atoms with van der Waals surface area (Å²) >= 11 is 0. The van der Waals surface area contributed by atoms with Crippen molar-refractivity contribution in [3.05, 3.63) is 42.0 Å². The van der Waals surface area contributed by atoms with Crippen molar-refractivity contribution in [3.8, 4) is 5.75 Å². The van der Waals surface area contributed by atoms with Crippen LogP contribution in [0, 0.1) is 0 Å². The van der Waals surface area contributed by atoms with Crippen LogP contribution in [0.15, 0.2) is 36.4 Å². The van der Waals surface area contributed by atoms with Crippen molar-refractivity contribution < 1.29 is 14.2 Å². The molecule has 1 aliphatic rings. The highest BCUT2D eigenvalue weighted by molar-refractivity contribution is 5.88. The van der Waals surface area contributed by atoms with Crippen LogP contribution in [-0.2, 0) is 9.47 Å². The summed E-state index contributed by atoms with van der Waals surface area (Å²) in [6.07, 6.45) is -0.308. The second kappa shape index (κ2) is 4.96. The third-order valence-electron chi connectivity index (χ3n) is 3.09. The summed E-state index contributed by atoms with van der Waals surface area (Å²) in [4.78, 5) is 0. The van der Waals surface area contributed by atoms with Gasteiger partial charge in [-0.05, 0) is 23.8 Å². The molecule has 2 aromatic carbocycles. The topological polar surface area (TPSA) is 27.7 Å². The zero-order chi connectivity index (χ0) is 12.4. The lowest BCUT2D eigenvalue weighted by Gasteiger charge is -2.17. The van der Waals surface area contributed by atoms with E-state index < -0.39 is 0 Å². The summed E-state index contributed by atoms with van der Waals surface area (Å²) in [6, 6.07) is 12.3. The summed E-state index contributed by atoms with van der Waals surface area (Å²) in [5, 5.41) is 2.31. The molecule has 18 heavy (non-hydrogen) atoms. The Labute approximate surface area is 106 Å². The number of hydrogen-bond donors (Lipinski definition) is 0. The third kappa shape index (κ3) is 1.96. The van der Waals surface area contributed by atoms with Crippen molar-refractivity contribution >= 4 is 10.8 Å². The van der Waals surface area contributed by atoms with E-state index in [-0.39, 0.29) is 6.29 Å². The minimum atomic E-state index is -0.308. The lowest BCUT2D eigenvalue weighted by atomic mass is 10.0. The standard InChI is InChI=1S/C15H16O3/c1-2-16-13-8-7-11-5-3-4-6-12(11)14(13)15-17-9-10-18-15/h3-8,15H,2,9-10H2,1H3. The van der Waals surface area contributed by atoms with E-state index in [0.29, 0.717) is 19.8 Å². The van der Waals surface area contributed by atoms with Crippen LogP contribution in [0.3, 0.4) is 0 Å². The third-order valence-corrected chi connectivity index (χ3v) is 3.09. The van der Waals surface area contributed by atoms with Crippen molar-refractivity contribution in [3.63, 3.8) is 0 Å². The van der Waals surface area contributed by atoms with Gasteiger partial charge in [0.25, 0.3) is 0 Å². The van der Waals surface area contributed by atoms with E-state index in [2.05, 4.69) is 18.2 Å². The molecule has 0 aromatic heterocycles. The SMILES string of the molecule is CCOc1ccc2ccccc2c1C1OCCO1. The molecule has 1 saturated heterocycles. The summed E-state index contributed by atoms with van der Waals surface area (Å²) in [7, 11) is 0. The average molecular weight is 244 g/mol.